The number of amides is 4. The standard InChI is InChI=1S/C27H23BrN2O5/c1-18-4-2-5-23(16-18)35-15-3-14-34-22-12-6-19(7-13-22)17-24-25(31)29-27(33)30(26(24)32)21-10-8-20(28)9-11-21/h2,4-13,16-17H,3,14-15H2,1H3,(H,29,31,33). The van der Waals surface area contributed by atoms with E-state index in [4.69, 9.17) is 9.47 Å². The van der Waals surface area contributed by atoms with Gasteiger partial charge in [-0.3, -0.25) is 14.9 Å². The molecule has 8 heteroatoms. The van der Waals surface area contributed by atoms with Gasteiger partial charge in [-0.05, 0) is 72.7 Å². The maximum atomic E-state index is 13.0. The summed E-state index contributed by atoms with van der Waals surface area (Å²) in [5.74, 6) is 0.0789. The van der Waals surface area contributed by atoms with Crippen LogP contribution in [-0.2, 0) is 9.59 Å². The largest absolute Gasteiger partial charge is 0.493 e. The van der Waals surface area contributed by atoms with E-state index in [1.54, 1.807) is 48.5 Å². The maximum absolute atomic E-state index is 13.0. The first-order chi connectivity index (χ1) is 16.9. The lowest BCUT2D eigenvalue weighted by molar-refractivity contribution is -0.122. The summed E-state index contributed by atoms with van der Waals surface area (Å²) in [4.78, 5) is 38.5. The molecule has 0 aromatic heterocycles. The van der Waals surface area contributed by atoms with E-state index in [1.165, 1.54) is 6.08 Å². The first-order valence-electron chi connectivity index (χ1n) is 11.0. The van der Waals surface area contributed by atoms with Crippen LogP contribution >= 0.6 is 15.9 Å². The van der Waals surface area contributed by atoms with E-state index >= 15 is 0 Å². The van der Waals surface area contributed by atoms with Gasteiger partial charge in [0.2, 0.25) is 0 Å². The van der Waals surface area contributed by atoms with Gasteiger partial charge in [-0.15, -0.1) is 0 Å². The summed E-state index contributed by atoms with van der Waals surface area (Å²) < 4.78 is 12.3. The van der Waals surface area contributed by atoms with Crippen molar-refractivity contribution in [1.82, 2.24) is 5.32 Å². The van der Waals surface area contributed by atoms with Crippen molar-refractivity contribution in [1.29, 1.82) is 0 Å². The molecule has 0 spiro atoms. The Morgan fingerprint density at radius 2 is 1.57 bits per heavy atom. The first-order valence-corrected chi connectivity index (χ1v) is 11.8. The summed E-state index contributed by atoms with van der Waals surface area (Å²) in [5, 5.41) is 2.22. The number of halogens is 1. The number of imide groups is 2. The summed E-state index contributed by atoms with van der Waals surface area (Å²) in [6, 6.07) is 20.8. The van der Waals surface area contributed by atoms with E-state index in [9.17, 15) is 14.4 Å². The third-order valence-electron chi connectivity index (χ3n) is 5.19. The summed E-state index contributed by atoms with van der Waals surface area (Å²) in [6.45, 7) is 3.04. The molecule has 1 aliphatic rings. The molecule has 1 aliphatic heterocycles. The minimum Gasteiger partial charge on any atom is -0.493 e. The molecule has 4 amide bonds. The summed E-state index contributed by atoms with van der Waals surface area (Å²) in [5.41, 5.74) is 2.01. The van der Waals surface area contributed by atoms with Crippen molar-refractivity contribution in [3.05, 3.63) is 94.0 Å². The Bertz CT molecular complexity index is 1270. The molecule has 0 atom stereocenters. The number of barbiturate groups is 1. The number of nitrogens with zero attached hydrogens (tertiary/aromatic N) is 1. The van der Waals surface area contributed by atoms with E-state index in [0.29, 0.717) is 36.6 Å². The fourth-order valence-electron chi connectivity index (χ4n) is 3.45. The van der Waals surface area contributed by atoms with Crippen LogP contribution in [0.4, 0.5) is 10.5 Å². The number of carbonyl (C=O) groups excluding carboxylic acids is 3. The van der Waals surface area contributed by atoms with Crippen LogP contribution in [0.3, 0.4) is 0 Å². The number of hydrogen-bond acceptors (Lipinski definition) is 5. The lowest BCUT2D eigenvalue weighted by Gasteiger charge is -2.26. The number of nitrogens with one attached hydrogen (secondary N) is 1. The normalized spacial score (nSPS) is 14.7. The SMILES string of the molecule is Cc1cccc(OCCCOc2ccc(C=C3C(=O)NC(=O)N(c4ccc(Br)cc4)C3=O)cc2)c1. The van der Waals surface area contributed by atoms with Gasteiger partial charge >= 0.3 is 6.03 Å². The van der Waals surface area contributed by atoms with Crippen LogP contribution in [0.2, 0.25) is 0 Å². The summed E-state index contributed by atoms with van der Waals surface area (Å²) in [7, 11) is 0. The molecule has 1 fully saturated rings. The second-order valence-corrected chi connectivity index (χ2v) is 8.79. The van der Waals surface area contributed by atoms with Crippen molar-refractivity contribution in [2.75, 3.05) is 18.1 Å². The summed E-state index contributed by atoms with van der Waals surface area (Å²) >= 11 is 3.32. The third kappa shape index (κ3) is 6.16. The zero-order valence-corrected chi connectivity index (χ0v) is 20.6. The molecule has 3 aromatic rings. The molecule has 178 valence electrons. The van der Waals surface area contributed by atoms with Crippen molar-refractivity contribution in [3.63, 3.8) is 0 Å². The molecule has 1 heterocycles. The molecule has 0 bridgehead atoms. The topological polar surface area (TPSA) is 84.9 Å². The number of anilines is 1. The number of urea groups is 1. The van der Waals surface area contributed by atoms with Crippen molar-refractivity contribution in [2.45, 2.75) is 13.3 Å². The molecule has 1 saturated heterocycles. The molecule has 3 aromatic carbocycles. The van der Waals surface area contributed by atoms with Crippen molar-refractivity contribution in [3.8, 4) is 11.5 Å². The molecule has 0 radical (unpaired) electrons. The Balaban J connectivity index is 1.35. The van der Waals surface area contributed by atoms with Gasteiger partial charge in [-0.2, -0.15) is 0 Å². The third-order valence-corrected chi connectivity index (χ3v) is 5.72. The van der Waals surface area contributed by atoms with Gasteiger partial charge in [0, 0.05) is 10.9 Å². The van der Waals surface area contributed by atoms with E-state index in [1.807, 2.05) is 31.2 Å². The molecule has 7 nitrogen and oxygen atoms in total. The van der Waals surface area contributed by atoms with E-state index < -0.39 is 17.8 Å². The number of hydrogen-bond donors (Lipinski definition) is 1. The van der Waals surface area contributed by atoms with E-state index in [0.717, 1.165) is 20.7 Å². The highest BCUT2D eigenvalue weighted by Gasteiger charge is 2.36. The molecule has 0 saturated carbocycles. The lowest BCUT2D eigenvalue weighted by Crippen LogP contribution is -2.54. The van der Waals surface area contributed by atoms with Crippen molar-refractivity contribution >= 4 is 45.5 Å². The molecule has 4 rings (SSSR count). The number of carbonyl (C=O) groups is 3. The average molecular weight is 535 g/mol. The van der Waals surface area contributed by atoms with E-state index in [-0.39, 0.29) is 5.57 Å². The van der Waals surface area contributed by atoms with Crippen LogP contribution in [0.1, 0.15) is 17.5 Å². The average Bonchev–Trinajstić information content (AvgIpc) is 2.83. The molecule has 0 unspecified atom stereocenters. The maximum Gasteiger partial charge on any atom is 0.335 e. The fourth-order valence-corrected chi connectivity index (χ4v) is 3.72. The Labute approximate surface area is 211 Å². The Kier molecular flexibility index (Phi) is 7.62. The van der Waals surface area contributed by atoms with Crippen LogP contribution < -0.4 is 19.7 Å². The highest BCUT2D eigenvalue weighted by molar-refractivity contribution is 9.10. The fraction of sp³-hybridized carbons (Fsp3) is 0.148. The molecular formula is C27H23BrN2O5. The van der Waals surface area contributed by atoms with Crippen LogP contribution in [-0.4, -0.2) is 31.1 Å². The van der Waals surface area contributed by atoms with Gasteiger partial charge in [-0.25, -0.2) is 9.69 Å². The van der Waals surface area contributed by atoms with Crippen LogP contribution in [0.15, 0.2) is 82.8 Å². The minimum absolute atomic E-state index is 0.130. The van der Waals surface area contributed by atoms with Gasteiger partial charge in [0.25, 0.3) is 11.8 Å². The number of ether oxygens (including phenoxy) is 2. The van der Waals surface area contributed by atoms with E-state index in [2.05, 4.69) is 21.2 Å². The second kappa shape index (κ2) is 11.0. The zero-order chi connectivity index (χ0) is 24.8. The van der Waals surface area contributed by atoms with Crippen LogP contribution in [0.5, 0.6) is 11.5 Å². The predicted molar refractivity (Wildman–Crippen MR) is 136 cm³/mol. The van der Waals surface area contributed by atoms with Gasteiger partial charge in [-0.1, -0.05) is 40.2 Å². The minimum atomic E-state index is -0.783. The first kappa shape index (κ1) is 24.2. The second-order valence-electron chi connectivity index (χ2n) is 7.87. The monoisotopic (exact) mass is 534 g/mol. The Hall–Kier alpha value is -3.91. The lowest BCUT2D eigenvalue weighted by atomic mass is 10.1. The quantitative estimate of drug-likeness (QED) is 0.241. The molecule has 1 N–H and O–H groups in total. The van der Waals surface area contributed by atoms with Gasteiger partial charge in [0.05, 0.1) is 18.9 Å². The number of rotatable bonds is 8. The molecule has 0 aliphatic carbocycles. The Morgan fingerprint density at radius 3 is 2.26 bits per heavy atom. The van der Waals surface area contributed by atoms with Gasteiger partial charge in [0.15, 0.2) is 0 Å². The van der Waals surface area contributed by atoms with Crippen molar-refractivity contribution < 1.29 is 23.9 Å². The molecular weight excluding hydrogens is 512 g/mol. The predicted octanol–water partition coefficient (Wildman–Crippen LogP) is 5.27. The molecule has 35 heavy (non-hydrogen) atoms. The summed E-state index contributed by atoms with van der Waals surface area (Å²) in [6.07, 6.45) is 2.17. The zero-order valence-electron chi connectivity index (χ0n) is 19.0. The number of aryl methyl sites for hydroxylation is 1. The highest BCUT2D eigenvalue weighted by Crippen LogP contribution is 2.24. The van der Waals surface area contributed by atoms with Crippen LogP contribution in [0.25, 0.3) is 6.08 Å². The van der Waals surface area contributed by atoms with Gasteiger partial charge in [0.1, 0.15) is 17.1 Å². The number of benzene rings is 3. The van der Waals surface area contributed by atoms with Gasteiger partial charge < -0.3 is 9.47 Å². The smallest absolute Gasteiger partial charge is 0.335 e. The van der Waals surface area contributed by atoms with Crippen molar-refractivity contribution in [2.24, 2.45) is 0 Å². The highest BCUT2D eigenvalue weighted by atomic mass is 79.9. The van der Waals surface area contributed by atoms with Crippen LogP contribution in [0, 0.1) is 6.92 Å². The Morgan fingerprint density at radius 1 is 0.886 bits per heavy atom.